The number of benzene rings is 1. The lowest BCUT2D eigenvalue weighted by molar-refractivity contribution is -0.141. The molecule has 0 aliphatic heterocycles. The molecule has 0 saturated carbocycles. The van der Waals surface area contributed by atoms with Gasteiger partial charge >= 0.3 is 12.4 Å². The van der Waals surface area contributed by atoms with Gasteiger partial charge in [0.15, 0.2) is 5.69 Å². The molecule has 31 heavy (non-hydrogen) atoms. The molecule has 2 heterocycles. The number of pyridine rings is 1. The Kier molecular flexibility index (Phi) is 5.49. The lowest BCUT2D eigenvalue weighted by Crippen LogP contribution is -2.08. The van der Waals surface area contributed by atoms with Crippen molar-refractivity contribution >= 4 is 0 Å². The highest BCUT2D eigenvalue weighted by Gasteiger charge is 2.35. The molecule has 0 unspecified atom stereocenters. The summed E-state index contributed by atoms with van der Waals surface area (Å²) < 4.78 is 101. The molecule has 0 amide bonds. The van der Waals surface area contributed by atoms with Crippen LogP contribution in [0.5, 0.6) is 23.4 Å². The van der Waals surface area contributed by atoms with Gasteiger partial charge < -0.3 is 9.47 Å². The number of hydrogen-bond donors (Lipinski definition) is 0. The molecule has 0 aliphatic carbocycles. The number of alkyl halides is 6. The minimum Gasteiger partial charge on any atom is -0.439 e. The number of ether oxygens (including phenoxy) is 2. The van der Waals surface area contributed by atoms with Gasteiger partial charge in [0.1, 0.15) is 11.6 Å². The molecule has 0 atom stereocenters. The van der Waals surface area contributed by atoms with E-state index in [1.165, 1.54) is 7.05 Å². The first-order valence-corrected chi connectivity index (χ1v) is 8.12. The van der Waals surface area contributed by atoms with Crippen LogP contribution >= 0.6 is 0 Å². The van der Waals surface area contributed by atoms with E-state index in [1.54, 1.807) is 6.07 Å². The van der Waals surface area contributed by atoms with Crippen LogP contribution in [0, 0.1) is 17.1 Å². The first kappa shape index (κ1) is 21.9. The summed E-state index contributed by atoms with van der Waals surface area (Å²) in [4.78, 5) is 3.81. The molecule has 0 N–H and O–H groups in total. The third-order valence-corrected chi connectivity index (χ3v) is 3.71. The zero-order valence-corrected chi connectivity index (χ0v) is 15.2. The number of aryl methyl sites for hydroxylation is 1. The Morgan fingerprint density at radius 1 is 0.935 bits per heavy atom. The van der Waals surface area contributed by atoms with Gasteiger partial charge in [-0.25, -0.2) is 9.07 Å². The standard InChI is InChI=1S/C18H9F7N4O2/c1-29-16(7-13(28-29)18(23,24)25)31-15-5-9(8-26)4-14(27-15)30-10-2-3-12(19)11(6-10)17(20,21)22/h2-7H,1H3. The number of rotatable bonds is 4. The zero-order chi connectivity index (χ0) is 23.0. The van der Waals surface area contributed by atoms with E-state index in [4.69, 9.17) is 14.7 Å². The fraction of sp³-hybridized carbons (Fsp3) is 0.167. The third-order valence-electron chi connectivity index (χ3n) is 3.71. The van der Waals surface area contributed by atoms with Gasteiger partial charge in [0.25, 0.3) is 0 Å². The largest absolute Gasteiger partial charge is 0.439 e. The van der Waals surface area contributed by atoms with Gasteiger partial charge in [-0.15, -0.1) is 0 Å². The number of halogens is 7. The molecular formula is C18H9F7N4O2. The first-order valence-electron chi connectivity index (χ1n) is 8.12. The van der Waals surface area contributed by atoms with E-state index in [2.05, 4.69) is 10.1 Å². The lowest BCUT2D eigenvalue weighted by atomic mass is 10.2. The van der Waals surface area contributed by atoms with Crippen LogP contribution in [0.4, 0.5) is 30.7 Å². The number of hydrogen-bond acceptors (Lipinski definition) is 5. The predicted octanol–water partition coefficient (Wildman–Crippen LogP) is 5.45. The lowest BCUT2D eigenvalue weighted by Gasteiger charge is -2.11. The van der Waals surface area contributed by atoms with Crippen molar-refractivity contribution in [3.63, 3.8) is 0 Å². The summed E-state index contributed by atoms with van der Waals surface area (Å²) in [6.45, 7) is 0. The van der Waals surface area contributed by atoms with E-state index >= 15 is 0 Å². The van der Waals surface area contributed by atoms with Crippen molar-refractivity contribution in [1.29, 1.82) is 5.26 Å². The van der Waals surface area contributed by atoms with Crippen molar-refractivity contribution in [2.24, 2.45) is 7.05 Å². The number of nitriles is 1. The van der Waals surface area contributed by atoms with Crippen LogP contribution in [0.15, 0.2) is 36.4 Å². The van der Waals surface area contributed by atoms with Crippen molar-refractivity contribution in [3.8, 4) is 29.5 Å². The Hall–Kier alpha value is -3.82. The quantitative estimate of drug-likeness (QED) is 0.499. The van der Waals surface area contributed by atoms with Crippen molar-refractivity contribution < 1.29 is 40.2 Å². The average Bonchev–Trinajstić information content (AvgIpc) is 3.03. The molecule has 162 valence electrons. The highest BCUT2D eigenvalue weighted by Crippen LogP contribution is 2.36. The van der Waals surface area contributed by atoms with Gasteiger partial charge in [-0.2, -0.15) is 41.7 Å². The molecule has 2 aromatic heterocycles. The molecule has 0 saturated heterocycles. The highest BCUT2D eigenvalue weighted by atomic mass is 19.4. The molecule has 1 aromatic carbocycles. The molecule has 0 bridgehead atoms. The maximum atomic E-state index is 13.4. The summed E-state index contributed by atoms with van der Waals surface area (Å²) in [6.07, 6.45) is -9.70. The zero-order valence-electron chi connectivity index (χ0n) is 15.2. The van der Waals surface area contributed by atoms with Crippen molar-refractivity contribution in [2.75, 3.05) is 0 Å². The smallest absolute Gasteiger partial charge is 0.435 e. The highest BCUT2D eigenvalue weighted by molar-refractivity contribution is 5.41. The second kappa shape index (κ2) is 7.78. The Labute approximate surface area is 169 Å². The molecule has 13 heteroatoms. The molecule has 0 aliphatic rings. The topological polar surface area (TPSA) is 73.0 Å². The van der Waals surface area contributed by atoms with E-state index in [0.717, 1.165) is 22.9 Å². The summed E-state index contributed by atoms with van der Waals surface area (Å²) in [7, 11) is 1.17. The van der Waals surface area contributed by atoms with Gasteiger partial charge in [-0.1, -0.05) is 0 Å². The van der Waals surface area contributed by atoms with Crippen molar-refractivity contribution in [2.45, 2.75) is 12.4 Å². The van der Waals surface area contributed by atoms with Gasteiger partial charge in [-0.3, -0.25) is 0 Å². The molecule has 0 radical (unpaired) electrons. The van der Waals surface area contributed by atoms with Crippen molar-refractivity contribution in [3.05, 3.63) is 59.0 Å². The van der Waals surface area contributed by atoms with Gasteiger partial charge in [0, 0.05) is 25.2 Å². The van der Waals surface area contributed by atoms with Crippen LogP contribution in [0.3, 0.4) is 0 Å². The molecule has 6 nitrogen and oxygen atoms in total. The summed E-state index contributed by atoms with van der Waals surface area (Å²) in [5.74, 6) is -3.13. The van der Waals surface area contributed by atoms with Gasteiger partial charge in [0.2, 0.25) is 17.6 Å². The third kappa shape index (κ3) is 5.03. The van der Waals surface area contributed by atoms with Crippen LogP contribution in [-0.2, 0) is 19.4 Å². The second-order valence-electron chi connectivity index (χ2n) is 5.98. The fourth-order valence-electron chi connectivity index (χ4n) is 2.35. The summed E-state index contributed by atoms with van der Waals surface area (Å²) in [5, 5.41) is 12.4. The maximum absolute atomic E-state index is 13.4. The fourth-order valence-corrected chi connectivity index (χ4v) is 2.35. The van der Waals surface area contributed by atoms with Crippen LogP contribution in [0.25, 0.3) is 0 Å². The summed E-state index contributed by atoms with van der Waals surface area (Å²) in [6, 6.07) is 6.28. The van der Waals surface area contributed by atoms with Gasteiger partial charge in [-0.05, 0) is 18.2 Å². The van der Waals surface area contributed by atoms with E-state index in [9.17, 15) is 30.7 Å². The van der Waals surface area contributed by atoms with Crippen LogP contribution in [0.1, 0.15) is 16.8 Å². The summed E-state index contributed by atoms with van der Waals surface area (Å²) >= 11 is 0. The van der Waals surface area contributed by atoms with Crippen LogP contribution in [0.2, 0.25) is 0 Å². The van der Waals surface area contributed by atoms with E-state index in [1.807, 2.05) is 0 Å². The van der Waals surface area contributed by atoms with Crippen LogP contribution in [-0.4, -0.2) is 14.8 Å². The molecule has 0 spiro atoms. The van der Waals surface area contributed by atoms with Crippen molar-refractivity contribution in [1.82, 2.24) is 14.8 Å². The maximum Gasteiger partial charge on any atom is 0.435 e. The molecular weight excluding hydrogens is 437 g/mol. The molecule has 0 fully saturated rings. The van der Waals surface area contributed by atoms with E-state index in [-0.39, 0.29) is 17.3 Å². The van der Waals surface area contributed by atoms with E-state index < -0.39 is 41.1 Å². The predicted molar refractivity (Wildman–Crippen MR) is 88.7 cm³/mol. The minimum atomic E-state index is -4.98. The molecule has 3 aromatic rings. The second-order valence-corrected chi connectivity index (χ2v) is 5.98. The number of nitrogens with zero attached hydrogens (tertiary/aromatic N) is 4. The van der Waals surface area contributed by atoms with Crippen LogP contribution < -0.4 is 9.47 Å². The Balaban J connectivity index is 1.92. The molecule has 3 rings (SSSR count). The average molecular weight is 446 g/mol. The monoisotopic (exact) mass is 446 g/mol. The SMILES string of the molecule is Cn1nc(C(F)(F)F)cc1Oc1cc(C#N)cc(Oc2ccc(F)c(C(F)(F)F)c2)n1. The Morgan fingerprint density at radius 2 is 1.58 bits per heavy atom. The Morgan fingerprint density at radius 3 is 2.13 bits per heavy atom. The number of aromatic nitrogens is 3. The van der Waals surface area contributed by atoms with Gasteiger partial charge in [0.05, 0.1) is 17.2 Å². The first-order chi connectivity index (χ1) is 14.4. The summed E-state index contributed by atoms with van der Waals surface area (Å²) in [5.41, 5.74) is -2.92. The van der Waals surface area contributed by atoms with E-state index in [0.29, 0.717) is 18.2 Å². The Bertz CT molecular complexity index is 1160. The normalized spacial score (nSPS) is 11.8. The minimum absolute atomic E-state index is 0.114.